The molecule has 92 valence electrons. The fourth-order valence-corrected chi connectivity index (χ4v) is 2.72. The highest BCUT2D eigenvalue weighted by Crippen LogP contribution is 2.34. The second-order valence-electron chi connectivity index (χ2n) is 4.11. The Morgan fingerprint density at radius 3 is 2.89 bits per heavy atom. The number of nitrogens with one attached hydrogen (secondary N) is 1. The molecule has 0 spiro atoms. The maximum atomic E-state index is 5.70. The maximum Gasteiger partial charge on any atom is 0.180 e. The molecule has 0 unspecified atom stereocenters. The summed E-state index contributed by atoms with van der Waals surface area (Å²) >= 11 is 1.46. The van der Waals surface area contributed by atoms with Crippen LogP contribution < -0.4 is 10.5 Å². The van der Waals surface area contributed by atoms with Gasteiger partial charge in [0, 0.05) is 33.6 Å². The number of methoxy groups -OCH3 is 1. The molecular formula is C13H13N3OS. The Morgan fingerprint density at radius 2 is 2.22 bits per heavy atom. The molecule has 5 heteroatoms. The van der Waals surface area contributed by atoms with Gasteiger partial charge in [-0.1, -0.05) is 0 Å². The van der Waals surface area contributed by atoms with E-state index in [0.717, 1.165) is 33.6 Å². The number of hydrogen-bond acceptors (Lipinski definition) is 4. The summed E-state index contributed by atoms with van der Waals surface area (Å²) in [7, 11) is 1.67. The number of rotatable bonds is 2. The Labute approximate surface area is 108 Å². The van der Waals surface area contributed by atoms with Crippen molar-refractivity contribution in [3.8, 4) is 17.0 Å². The van der Waals surface area contributed by atoms with Crippen molar-refractivity contribution in [3.05, 3.63) is 29.3 Å². The lowest BCUT2D eigenvalue weighted by Crippen LogP contribution is -1.84. The number of aromatic nitrogens is 2. The summed E-state index contributed by atoms with van der Waals surface area (Å²) in [4.78, 5) is 7.71. The van der Waals surface area contributed by atoms with Gasteiger partial charge in [-0.25, -0.2) is 4.98 Å². The van der Waals surface area contributed by atoms with Crippen molar-refractivity contribution < 1.29 is 4.74 Å². The van der Waals surface area contributed by atoms with Gasteiger partial charge in [-0.2, -0.15) is 0 Å². The molecule has 18 heavy (non-hydrogen) atoms. The Balaban J connectivity index is 2.26. The number of nitrogen functional groups attached to an aromatic ring is 1. The molecule has 0 radical (unpaired) electrons. The van der Waals surface area contributed by atoms with E-state index >= 15 is 0 Å². The van der Waals surface area contributed by atoms with Crippen molar-refractivity contribution in [2.75, 3.05) is 12.8 Å². The molecule has 1 aromatic carbocycles. The van der Waals surface area contributed by atoms with Crippen LogP contribution in [0.15, 0.2) is 23.6 Å². The van der Waals surface area contributed by atoms with Crippen LogP contribution in [-0.2, 0) is 0 Å². The van der Waals surface area contributed by atoms with Crippen LogP contribution in [-0.4, -0.2) is 17.1 Å². The van der Waals surface area contributed by atoms with Gasteiger partial charge in [-0.05, 0) is 19.1 Å². The van der Waals surface area contributed by atoms with E-state index in [2.05, 4.69) is 9.97 Å². The first-order chi connectivity index (χ1) is 8.69. The van der Waals surface area contributed by atoms with Crippen LogP contribution in [0.2, 0.25) is 0 Å². The fourth-order valence-electron chi connectivity index (χ4n) is 2.17. The summed E-state index contributed by atoms with van der Waals surface area (Å²) in [6.45, 7) is 2.04. The van der Waals surface area contributed by atoms with Crippen LogP contribution in [0.25, 0.3) is 22.2 Å². The Kier molecular flexibility index (Phi) is 2.48. The molecule has 3 N–H and O–H groups in total. The van der Waals surface area contributed by atoms with Crippen LogP contribution >= 0.6 is 11.3 Å². The van der Waals surface area contributed by atoms with Gasteiger partial charge < -0.3 is 15.5 Å². The van der Waals surface area contributed by atoms with E-state index in [-0.39, 0.29) is 0 Å². The standard InChI is InChI=1S/C13H13N3OS/c1-7-12(11-6-18-13(14)16-11)9-4-3-8(17-2)5-10(9)15-7/h3-6,15H,1-2H3,(H2,14,16). The lowest BCUT2D eigenvalue weighted by molar-refractivity contribution is 0.415. The molecule has 0 saturated carbocycles. The first-order valence-corrected chi connectivity index (χ1v) is 6.44. The quantitative estimate of drug-likeness (QED) is 0.743. The molecule has 3 rings (SSSR count). The fraction of sp³-hybridized carbons (Fsp3) is 0.154. The first kappa shape index (κ1) is 11.1. The SMILES string of the molecule is COc1ccc2c(-c3csc(N)n3)c(C)[nH]c2c1. The normalized spacial score (nSPS) is 11.0. The van der Waals surface area contributed by atoms with E-state index in [0.29, 0.717) is 5.13 Å². The Morgan fingerprint density at radius 1 is 1.39 bits per heavy atom. The topological polar surface area (TPSA) is 63.9 Å². The molecule has 0 fully saturated rings. The molecule has 0 saturated heterocycles. The first-order valence-electron chi connectivity index (χ1n) is 5.56. The zero-order chi connectivity index (χ0) is 12.7. The predicted molar refractivity (Wildman–Crippen MR) is 75.1 cm³/mol. The maximum absolute atomic E-state index is 5.70. The predicted octanol–water partition coefficient (Wildman–Crippen LogP) is 3.19. The van der Waals surface area contributed by atoms with E-state index in [9.17, 15) is 0 Å². The van der Waals surface area contributed by atoms with E-state index in [1.807, 2.05) is 30.5 Å². The highest BCUT2D eigenvalue weighted by atomic mass is 32.1. The lowest BCUT2D eigenvalue weighted by atomic mass is 10.1. The summed E-state index contributed by atoms with van der Waals surface area (Å²) < 4.78 is 5.23. The number of ether oxygens (including phenoxy) is 1. The Bertz CT molecular complexity index is 714. The lowest BCUT2D eigenvalue weighted by Gasteiger charge is -1.99. The largest absolute Gasteiger partial charge is 0.497 e. The van der Waals surface area contributed by atoms with Gasteiger partial charge in [0.1, 0.15) is 5.75 Å². The van der Waals surface area contributed by atoms with Crippen LogP contribution in [0.5, 0.6) is 5.75 Å². The minimum Gasteiger partial charge on any atom is -0.497 e. The molecule has 0 bridgehead atoms. The summed E-state index contributed by atoms with van der Waals surface area (Å²) in [6.07, 6.45) is 0. The molecule has 2 aromatic heterocycles. The number of benzene rings is 1. The van der Waals surface area contributed by atoms with Crippen LogP contribution in [0.1, 0.15) is 5.69 Å². The van der Waals surface area contributed by atoms with Crippen LogP contribution in [0.3, 0.4) is 0 Å². The van der Waals surface area contributed by atoms with Gasteiger partial charge in [0.2, 0.25) is 0 Å². The van der Waals surface area contributed by atoms with Gasteiger partial charge in [0.05, 0.1) is 12.8 Å². The van der Waals surface area contributed by atoms with Crippen LogP contribution in [0, 0.1) is 6.92 Å². The van der Waals surface area contributed by atoms with Crippen LogP contribution in [0.4, 0.5) is 5.13 Å². The number of H-pyrrole nitrogens is 1. The molecule has 0 aliphatic carbocycles. The van der Waals surface area contributed by atoms with Crippen molar-refractivity contribution in [1.29, 1.82) is 0 Å². The van der Waals surface area contributed by atoms with Crippen molar-refractivity contribution in [2.45, 2.75) is 6.92 Å². The second-order valence-corrected chi connectivity index (χ2v) is 5.00. The summed E-state index contributed by atoms with van der Waals surface area (Å²) in [5, 5.41) is 3.71. The molecule has 0 aliphatic rings. The van der Waals surface area contributed by atoms with Crippen molar-refractivity contribution >= 4 is 27.4 Å². The number of aromatic amines is 1. The number of anilines is 1. The minimum atomic E-state index is 0.590. The third kappa shape index (κ3) is 1.64. The highest BCUT2D eigenvalue weighted by molar-refractivity contribution is 7.13. The summed E-state index contributed by atoms with van der Waals surface area (Å²) in [5.41, 5.74) is 9.87. The number of nitrogens with zero attached hydrogens (tertiary/aromatic N) is 1. The third-order valence-electron chi connectivity index (χ3n) is 2.97. The average molecular weight is 259 g/mol. The van der Waals surface area contributed by atoms with E-state index in [4.69, 9.17) is 10.5 Å². The molecule has 3 aromatic rings. The van der Waals surface area contributed by atoms with Gasteiger partial charge in [0.15, 0.2) is 5.13 Å². The van der Waals surface area contributed by atoms with Crippen molar-refractivity contribution in [2.24, 2.45) is 0 Å². The van der Waals surface area contributed by atoms with E-state index in [1.54, 1.807) is 7.11 Å². The molecule has 0 amide bonds. The van der Waals surface area contributed by atoms with E-state index < -0.39 is 0 Å². The van der Waals surface area contributed by atoms with Crippen molar-refractivity contribution in [3.63, 3.8) is 0 Å². The second kappa shape index (κ2) is 4.03. The number of hydrogen-bond donors (Lipinski definition) is 2. The molecule has 4 nitrogen and oxygen atoms in total. The number of nitrogens with two attached hydrogens (primary N) is 1. The molecular weight excluding hydrogens is 246 g/mol. The number of fused-ring (bicyclic) bond motifs is 1. The van der Waals surface area contributed by atoms with Gasteiger partial charge in [-0.15, -0.1) is 11.3 Å². The zero-order valence-corrected chi connectivity index (χ0v) is 11.0. The third-order valence-corrected chi connectivity index (χ3v) is 3.65. The Hall–Kier alpha value is -2.01. The summed E-state index contributed by atoms with van der Waals surface area (Å²) in [6, 6.07) is 5.99. The highest BCUT2D eigenvalue weighted by Gasteiger charge is 2.13. The van der Waals surface area contributed by atoms with Crippen molar-refractivity contribution in [1.82, 2.24) is 9.97 Å². The van der Waals surface area contributed by atoms with Gasteiger partial charge >= 0.3 is 0 Å². The zero-order valence-electron chi connectivity index (χ0n) is 10.2. The molecule has 0 atom stereocenters. The molecule has 2 heterocycles. The average Bonchev–Trinajstić information content (AvgIpc) is 2.90. The minimum absolute atomic E-state index is 0.590. The number of thiazole rings is 1. The monoisotopic (exact) mass is 259 g/mol. The number of aryl methyl sites for hydroxylation is 1. The smallest absolute Gasteiger partial charge is 0.180 e. The summed E-state index contributed by atoms with van der Waals surface area (Å²) in [5.74, 6) is 0.841. The molecule has 0 aliphatic heterocycles. The van der Waals surface area contributed by atoms with E-state index in [1.165, 1.54) is 11.3 Å². The van der Waals surface area contributed by atoms with Gasteiger partial charge in [0.25, 0.3) is 0 Å². The van der Waals surface area contributed by atoms with Gasteiger partial charge in [-0.3, -0.25) is 0 Å².